The van der Waals surface area contributed by atoms with Gasteiger partial charge in [-0.15, -0.1) is 0 Å². The summed E-state index contributed by atoms with van der Waals surface area (Å²) in [6.45, 7) is 1.16. The van der Waals surface area contributed by atoms with Crippen LogP contribution in [0.25, 0.3) is 10.8 Å². The zero-order valence-electron chi connectivity index (χ0n) is 13.2. The lowest BCUT2D eigenvalue weighted by Crippen LogP contribution is -2.15. The third-order valence-corrected chi connectivity index (χ3v) is 4.40. The topological polar surface area (TPSA) is 42.2 Å². The number of hydrogen-bond acceptors (Lipinski definition) is 3. The molecule has 0 saturated heterocycles. The summed E-state index contributed by atoms with van der Waals surface area (Å²) < 4.78 is 11.2. The molecule has 0 amide bonds. The van der Waals surface area contributed by atoms with Gasteiger partial charge in [-0.05, 0) is 40.5 Å². The van der Waals surface area contributed by atoms with Gasteiger partial charge in [0, 0.05) is 0 Å². The lowest BCUT2D eigenvalue weighted by Gasteiger charge is -2.19. The van der Waals surface area contributed by atoms with Crippen molar-refractivity contribution in [3.05, 3.63) is 71.8 Å². The molecule has 1 atom stereocenters. The average molecular weight is 315 g/mol. The number of rotatable bonds is 3. The Morgan fingerprint density at radius 3 is 2.58 bits per heavy atom. The SMILES string of the molecule is N#CC(Cc1ccc2c(c1)OCCO2)c1cccc2ccccc12. The van der Waals surface area contributed by atoms with Crippen molar-refractivity contribution in [2.24, 2.45) is 0 Å². The van der Waals surface area contributed by atoms with Gasteiger partial charge in [0.15, 0.2) is 11.5 Å². The number of fused-ring (bicyclic) bond motifs is 2. The summed E-state index contributed by atoms with van der Waals surface area (Å²) in [5, 5.41) is 12.0. The van der Waals surface area contributed by atoms with Crippen LogP contribution < -0.4 is 9.47 Å². The molecule has 0 fully saturated rings. The molecule has 24 heavy (non-hydrogen) atoms. The van der Waals surface area contributed by atoms with Crippen LogP contribution in [0, 0.1) is 11.3 Å². The molecular formula is C21H17NO2. The lowest BCUT2D eigenvalue weighted by atomic mass is 9.89. The highest BCUT2D eigenvalue weighted by atomic mass is 16.6. The van der Waals surface area contributed by atoms with E-state index in [9.17, 15) is 5.26 Å². The highest BCUT2D eigenvalue weighted by molar-refractivity contribution is 5.86. The van der Waals surface area contributed by atoms with E-state index in [1.54, 1.807) is 0 Å². The molecular weight excluding hydrogens is 298 g/mol. The van der Waals surface area contributed by atoms with Gasteiger partial charge in [0.25, 0.3) is 0 Å². The van der Waals surface area contributed by atoms with Crippen molar-refractivity contribution in [1.82, 2.24) is 0 Å². The van der Waals surface area contributed by atoms with Gasteiger partial charge in [0.2, 0.25) is 0 Å². The molecule has 0 spiro atoms. The second-order valence-electron chi connectivity index (χ2n) is 5.93. The van der Waals surface area contributed by atoms with Gasteiger partial charge >= 0.3 is 0 Å². The van der Waals surface area contributed by atoms with Crippen molar-refractivity contribution in [2.75, 3.05) is 13.2 Å². The van der Waals surface area contributed by atoms with Gasteiger partial charge in [-0.1, -0.05) is 48.5 Å². The van der Waals surface area contributed by atoms with Crippen molar-refractivity contribution >= 4 is 10.8 Å². The minimum Gasteiger partial charge on any atom is -0.486 e. The maximum atomic E-state index is 9.73. The molecule has 1 aliphatic rings. The van der Waals surface area contributed by atoms with Gasteiger partial charge in [-0.25, -0.2) is 0 Å². The van der Waals surface area contributed by atoms with E-state index in [0.29, 0.717) is 19.6 Å². The highest BCUT2D eigenvalue weighted by Crippen LogP contribution is 2.33. The first kappa shape index (κ1) is 14.6. The third-order valence-electron chi connectivity index (χ3n) is 4.40. The predicted octanol–water partition coefficient (Wildman–Crippen LogP) is 4.46. The number of nitrogens with zero attached hydrogens (tertiary/aromatic N) is 1. The van der Waals surface area contributed by atoms with Crippen LogP contribution in [0.1, 0.15) is 17.0 Å². The lowest BCUT2D eigenvalue weighted by molar-refractivity contribution is 0.171. The quantitative estimate of drug-likeness (QED) is 0.716. The molecule has 0 aromatic heterocycles. The van der Waals surface area contributed by atoms with Gasteiger partial charge in [-0.3, -0.25) is 0 Å². The molecule has 3 aromatic carbocycles. The van der Waals surface area contributed by atoms with Crippen LogP contribution in [0.2, 0.25) is 0 Å². The summed E-state index contributed by atoms with van der Waals surface area (Å²) in [6, 6.07) is 22.8. The normalized spacial score (nSPS) is 14.1. The largest absolute Gasteiger partial charge is 0.486 e. The molecule has 0 aliphatic carbocycles. The molecule has 3 nitrogen and oxygen atoms in total. The molecule has 1 unspecified atom stereocenters. The molecule has 0 bridgehead atoms. The van der Waals surface area contributed by atoms with Crippen molar-refractivity contribution in [3.8, 4) is 17.6 Å². The van der Waals surface area contributed by atoms with Gasteiger partial charge in [-0.2, -0.15) is 5.26 Å². The zero-order chi connectivity index (χ0) is 16.4. The van der Waals surface area contributed by atoms with Crippen molar-refractivity contribution < 1.29 is 9.47 Å². The van der Waals surface area contributed by atoms with Crippen LogP contribution in [-0.2, 0) is 6.42 Å². The molecule has 0 radical (unpaired) electrons. The zero-order valence-corrected chi connectivity index (χ0v) is 13.2. The van der Waals surface area contributed by atoms with E-state index in [4.69, 9.17) is 9.47 Å². The summed E-state index contributed by atoms with van der Waals surface area (Å²) in [4.78, 5) is 0. The molecule has 1 aliphatic heterocycles. The van der Waals surface area contributed by atoms with E-state index >= 15 is 0 Å². The predicted molar refractivity (Wildman–Crippen MR) is 93.4 cm³/mol. The molecule has 0 N–H and O–H groups in total. The third kappa shape index (κ3) is 2.68. The Labute approximate surface area is 141 Å². The van der Waals surface area contributed by atoms with Gasteiger partial charge < -0.3 is 9.47 Å². The van der Waals surface area contributed by atoms with Crippen molar-refractivity contribution in [3.63, 3.8) is 0 Å². The smallest absolute Gasteiger partial charge is 0.161 e. The first-order chi connectivity index (χ1) is 11.8. The Morgan fingerprint density at radius 1 is 0.917 bits per heavy atom. The first-order valence-corrected chi connectivity index (χ1v) is 8.11. The maximum absolute atomic E-state index is 9.73. The van der Waals surface area contributed by atoms with Crippen LogP contribution >= 0.6 is 0 Å². The molecule has 3 heteroatoms. The van der Waals surface area contributed by atoms with Gasteiger partial charge in [0.1, 0.15) is 13.2 Å². The molecule has 4 rings (SSSR count). The fourth-order valence-electron chi connectivity index (χ4n) is 3.23. The van der Waals surface area contributed by atoms with Gasteiger partial charge in [0.05, 0.1) is 12.0 Å². The second kappa shape index (κ2) is 6.25. The molecule has 1 heterocycles. The number of nitriles is 1. The van der Waals surface area contributed by atoms with Crippen molar-refractivity contribution in [1.29, 1.82) is 5.26 Å². The minimum absolute atomic E-state index is 0.196. The van der Waals surface area contributed by atoms with Crippen LogP contribution in [0.5, 0.6) is 11.5 Å². The second-order valence-corrected chi connectivity index (χ2v) is 5.93. The summed E-state index contributed by atoms with van der Waals surface area (Å²) in [6.07, 6.45) is 0.654. The van der Waals surface area contributed by atoms with Crippen LogP contribution in [0.4, 0.5) is 0 Å². The molecule has 0 saturated carbocycles. The van der Waals surface area contributed by atoms with E-state index in [1.807, 2.05) is 42.5 Å². The monoisotopic (exact) mass is 315 g/mol. The summed E-state index contributed by atoms with van der Waals surface area (Å²) in [5.74, 6) is 1.36. The van der Waals surface area contributed by atoms with E-state index < -0.39 is 0 Å². The van der Waals surface area contributed by atoms with E-state index in [-0.39, 0.29) is 5.92 Å². The highest BCUT2D eigenvalue weighted by Gasteiger charge is 2.17. The summed E-state index contributed by atoms with van der Waals surface area (Å²) in [5.41, 5.74) is 2.16. The standard InChI is InChI=1S/C21H17NO2/c22-14-17(19-7-3-5-16-4-1-2-6-18(16)19)12-15-8-9-20-21(13-15)24-11-10-23-20/h1-9,13,17H,10-12H2. The number of ether oxygens (including phenoxy) is 2. The van der Waals surface area contributed by atoms with Crippen LogP contribution in [0.3, 0.4) is 0 Å². The van der Waals surface area contributed by atoms with Crippen LogP contribution in [0.15, 0.2) is 60.7 Å². The Hall–Kier alpha value is -2.99. The summed E-state index contributed by atoms with van der Waals surface area (Å²) >= 11 is 0. The summed E-state index contributed by atoms with van der Waals surface area (Å²) in [7, 11) is 0. The number of hydrogen-bond donors (Lipinski definition) is 0. The molecule has 3 aromatic rings. The van der Waals surface area contributed by atoms with E-state index in [1.165, 1.54) is 0 Å². The van der Waals surface area contributed by atoms with E-state index in [0.717, 1.165) is 33.4 Å². The minimum atomic E-state index is -0.196. The van der Waals surface area contributed by atoms with Crippen LogP contribution in [-0.4, -0.2) is 13.2 Å². The fourth-order valence-corrected chi connectivity index (χ4v) is 3.23. The first-order valence-electron chi connectivity index (χ1n) is 8.11. The average Bonchev–Trinajstić information content (AvgIpc) is 2.65. The Morgan fingerprint density at radius 2 is 1.71 bits per heavy atom. The Bertz CT molecular complexity index is 921. The van der Waals surface area contributed by atoms with E-state index in [2.05, 4.69) is 24.3 Å². The molecule has 118 valence electrons. The Kier molecular flexibility index (Phi) is 3.80. The Balaban J connectivity index is 1.68. The number of benzene rings is 3. The van der Waals surface area contributed by atoms with Crippen molar-refractivity contribution in [2.45, 2.75) is 12.3 Å². The fraction of sp³-hybridized carbons (Fsp3) is 0.190. The maximum Gasteiger partial charge on any atom is 0.161 e.